The van der Waals surface area contributed by atoms with E-state index in [0.29, 0.717) is 6.42 Å². The van der Waals surface area contributed by atoms with Gasteiger partial charge in [-0.05, 0) is 30.6 Å². The van der Waals surface area contributed by atoms with Crippen molar-refractivity contribution in [3.8, 4) is 5.75 Å². The lowest BCUT2D eigenvalue weighted by Gasteiger charge is -2.04. The predicted molar refractivity (Wildman–Crippen MR) is 67.1 cm³/mol. The van der Waals surface area contributed by atoms with Crippen LogP contribution in [-0.4, -0.2) is 17.7 Å². The van der Waals surface area contributed by atoms with Crippen LogP contribution in [-0.2, 0) is 4.74 Å². The second-order valence-electron chi connectivity index (χ2n) is 3.77. The largest absolute Gasteiger partial charge is 0.508 e. The molecule has 0 amide bonds. The Hall–Kier alpha value is -1.51. The van der Waals surface area contributed by atoms with Gasteiger partial charge in [-0.1, -0.05) is 32.6 Å². The molecule has 0 fully saturated rings. The zero-order chi connectivity index (χ0) is 16.0. The Balaban J connectivity index is 2.71. The van der Waals surface area contributed by atoms with E-state index in [1.54, 1.807) is 0 Å². The van der Waals surface area contributed by atoms with Crippen LogP contribution in [0.4, 0.5) is 0 Å². The number of carbonyl (C=O) groups excluding carboxylic acids is 1. The fraction of sp³-hybridized carbons (Fsp3) is 0.500. The van der Waals surface area contributed by atoms with Gasteiger partial charge in [-0.15, -0.1) is 0 Å². The summed E-state index contributed by atoms with van der Waals surface area (Å²) in [7, 11) is 0. The van der Waals surface area contributed by atoms with Crippen molar-refractivity contribution in [1.82, 2.24) is 0 Å². The van der Waals surface area contributed by atoms with Gasteiger partial charge in [0.1, 0.15) is 5.75 Å². The Morgan fingerprint density at radius 3 is 2.53 bits per heavy atom. The molecule has 0 heterocycles. The van der Waals surface area contributed by atoms with Crippen molar-refractivity contribution in [3.05, 3.63) is 29.7 Å². The third-order valence-electron chi connectivity index (χ3n) is 2.30. The van der Waals surface area contributed by atoms with Gasteiger partial charge >= 0.3 is 5.97 Å². The molecule has 94 valence electrons. The van der Waals surface area contributed by atoms with E-state index in [0.717, 1.165) is 25.7 Å². The summed E-state index contributed by atoms with van der Waals surface area (Å²) in [5.74, 6) is -1.65. The van der Waals surface area contributed by atoms with Gasteiger partial charge in [0.25, 0.3) is 0 Å². The first-order valence-corrected chi connectivity index (χ1v) is 5.88. The summed E-state index contributed by atoms with van der Waals surface area (Å²) in [4.78, 5) is 11.9. The molecule has 0 saturated heterocycles. The third-order valence-corrected chi connectivity index (χ3v) is 2.30. The van der Waals surface area contributed by atoms with Crippen LogP contribution >= 0.6 is 0 Å². The third kappa shape index (κ3) is 5.38. The maximum Gasteiger partial charge on any atom is 0.338 e. The van der Waals surface area contributed by atoms with E-state index in [1.165, 1.54) is 0 Å². The van der Waals surface area contributed by atoms with E-state index in [9.17, 15) is 9.90 Å². The molecule has 0 bridgehead atoms. The van der Waals surface area contributed by atoms with Gasteiger partial charge in [-0.2, -0.15) is 0 Å². The maximum atomic E-state index is 11.9. The van der Waals surface area contributed by atoms with Gasteiger partial charge in [-0.25, -0.2) is 4.79 Å². The molecule has 0 aromatic heterocycles. The van der Waals surface area contributed by atoms with Crippen molar-refractivity contribution in [2.45, 2.75) is 39.0 Å². The Morgan fingerprint density at radius 2 is 1.88 bits per heavy atom. The van der Waals surface area contributed by atoms with Gasteiger partial charge in [0, 0.05) is 0 Å². The highest BCUT2D eigenvalue weighted by molar-refractivity contribution is 5.89. The predicted octanol–water partition coefficient (Wildman–Crippen LogP) is 3.52. The summed E-state index contributed by atoms with van der Waals surface area (Å²) in [6.45, 7) is 2.29. The van der Waals surface area contributed by atoms with Crippen molar-refractivity contribution < 1.29 is 20.1 Å². The number of rotatable bonds is 7. The first-order valence-electron chi connectivity index (χ1n) is 7.88. The van der Waals surface area contributed by atoms with Gasteiger partial charge in [0.05, 0.1) is 17.7 Å². The zero-order valence-electron chi connectivity index (χ0n) is 14.0. The average Bonchev–Trinajstić information content (AvgIpc) is 2.47. The number of phenolic OH excluding ortho intramolecular Hbond substituents is 1. The minimum absolute atomic E-state index is 0.184. The number of hydrogen-bond donors (Lipinski definition) is 1. The zero-order valence-corrected chi connectivity index (χ0v) is 10.0. The van der Waals surface area contributed by atoms with E-state index >= 15 is 0 Å². The smallest absolute Gasteiger partial charge is 0.338 e. The average molecular weight is 240 g/mol. The van der Waals surface area contributed by atoms with Crippen LogP contribution in [0, 0.1) is 0 Å². The number of aromatic hydroxyl groups is 1. The molecule has 17 heavy (non-hydrogen) atoms. The minimum atomic E-state index is -0.887. The molecule has 0 atom stereocenters. The normalized spacial score (nSPS) is 13.5. The first kappa shape index (κ1) is 8.56. The highest BCUT2D eigenvalue weighted by Gasteiger charge is 2.05. The number of esters is 1. The van der Waals surface area contributed by atoms with Crippen LogP contribution in [0.1, 0.15) is 54.9 Å². The van der Waals surface area contributed by atoms with Gasteiger partial charge in [-0.3, -0.25) is 0 Å². The standard InChI is InChI=1S/C14H20O3/c1-2-3-4-5-6-11-17-14(16)12-7-9-13(15)10-8-12/h7-10,15H,2-6,11H2,1H3/i7D,8D,9D,10D. The monoisotopic (exact) mass is 240 g/mol. The topological polar surface area (TPSA) is 46.5 Å². The summed E-state index contributed by atoms with van der Waals surface area (Å²) in [6, 6.07) is -2.43. The van der Waals surface area contributed by atoms with E-state index in [4.69, 9.17) is 10.2 Å². The van der Waals surface area contributed by atoms with Crippen LogP contribution < -0.4 is 0 Å². The Labute approximate surface area is 108 Å². The number of ether oxygens (including phenoxy) is 1. The van der Waals surface area contributed by atoms with Crippen LogP contribution in [0.3, 0.4) is 0 Å². The number of phenols is 1. The Morgan fingerprint density at radius 1 is 1.24 bits per heavy atom. The van der Waals surface area contributed by atoms with Gasteiger partial charge in [0.2, 0.25) is 0 Å². The fourth-order valence-electron chi connectivity index (χ4n) is 1.35. The number of hydrogen-bond acceptors (Lipinski definition) is 3. The minimum Gasteiger partial charge on any atom is -0.508 e. The highest BCUT2D eigenvalue weighted by atomic mass is 16.5. The second kappa shape index (κ2) is 7.71. The summed E-state index contributed by atoms with van der Waals surface area (Å²) < 4.78 is 35.2. The maximum absolute atomic E-state index is 11.9. The molecule has 0 aliphatic heterocycles. The van der Waals surface area contributed by atoms with Crippen LogP contribution in [0.5, 0.6) is 5.75 Å². The molecule has 0 spiro atoms. The molecular formula is C14H20O3. The van der Waals surface area contributed by atoms with Crippen LogP contribution in [0.25, 0.3) is 0 Å². The molecule has 0 aliphatic rings. The summed E-state index contributed by atoms with van der Waals surface area (Å²) >= 11 is 0. The summed E-state index contributed by atoms with van der Waals surface area (Å²) in [6.07, 6.45) is 4.95. The molecule has 3 heteroatoms. The summed E-state index contributed by atoms with van der Waals surface area (Å²) in [5.41, 5.74) is -0.434. The van der Waals surface area contributed by atoms with Gasteiger partial charge < -0.3 is 9.84 Å². The number of unbranched alkanes of at least 4 members (excludes halogenated alkanes) is 4. The summed E-state index contributed by atoms with van der Waals surface area (Å²) in [5, 5.41) is 9.40. The fourth-order valence-corrected chi connectivity index (χ4v) is 1.35. The second-order valence-corrected chi connectivity index (χ2v) is 3.77. The van der Waals surface area contributed by atoms with Crippen molar-refractivity contribution in [2.75, 3.05) is 6.61 Å². The Bertz CT molecular complexity index is 488. The van der Waals surface area contributed by atoms with E-state index in [-0.39, 0.29) is 6.61 Å². The molecule has 1 aromatic rings. The van der Waals surface area contributed by atoms with Crippen LogP contribution in [0.2, 0.25) is 0 Å². The van der Waals surface area contributed by atoms with E-state index in [1.807, 2.05) is 0 Å². The lowest BCUT2D eigenvalue weighted by atomic mass is 10.2. The van der Waals surface area contributed by atoms with Crippen molar-refractivity contribution >= 4 is 5.97 Å². The highest BCUT2D eigenvalue weighted by Crippen LogP contribution is 2.11. The Kier molecular flexibility index (Phi) is 3.88. The lowest BCUT2D eigenvalue weighted by molar-refractivity contribution is 0.0497. The van der Waals surface area contributed by atoms with E-state index in [2.05, 4.69) is 6.92 Å². The van der Waals surface area contributed by atoms with Gasteiger partial charge in [0.15, 0.2) is 0 Å². The molecule has 0 radical (unpaired) electrons. The van der Waals surface area contributed by atoms with Crippen molar-refractivity contribution in [3.63, 3.8) is 0 Å². The molecule has 1 rings (SSSR count). The van der Waals surface area contributed by atoms with Crippen molar-refractivity contribution in [1.29, 1.82) is 0 Å². The quantitative estimate of drug-likeness (QED) is 0.586. The molecule has 0 aliphatic carbocycles. The molecular weight excluding hydrogens is 216 g/mol. The molecule has 1 N–H and O–H groups in total. The first-order chi connectivity index (χ1) is 9.91. The molecule has 3 nitrogen and oxygen atoms in total. The lowest BCUT2D eigenvalue weighted by Crippen LogP contribution is -2.06. The number of carbonyl (C=O) groups is 1. The SMILES string of the molecule is [2H]c1c([2H])c(C(=O)OCCCCCCC)c([2H])c([2H])c1O. The molecule has 0 unspecified atom stereocenters. The molecule has 0 saturated carbocycles. The van der Waals surface area contributed by atoms with Crippen molar-refractivity contribution in [2.24, 2.45) is 0 Å². The van der Waals surface area contributed by atoms with Crippen LogP contribution in [0.15, 0.2) is 24.2 Å². The van der Waals surface area contributed by atoms with E-state index < -0.39 is 41.5 Å². The number of benzene rings is 1. The molecule has 1 aromatic carbocycles.